The van der Waals surface area contributed by atoms with Crippen LogP contribution in [0.4, 0.5) is 11.4 Å². The molecule has 0 aliphatic carbocycles. The summed E-state index contributed by atoms with van der Waals surface area (Å²) in [5, 5.41) is 13.6. The van der Waals surface area contributed by atoms with E-state index in [-0.39, 0.29) is 52.2 Å². The molecule has 2 aliphatic heterocycles. The molecule has 2 saturated heterocycles. The molecular formula is C21H27ClN4O5. The minimum absolute atomic E-state index is 0.0000836. The number of nitro benzene ring substituents is 1. The van der Waals surface area contributed by atoms with Gasteiger partial charge < -0.3 is 15.1 Å². The average molecular weight is 451 g/mol. The molecule has 9 nitrogen and oxygen atoms in total. The molecule has 0 saturated carbocycles. The molecule has 1 atom stereocenters. The third-order valence-electron chi connectivity index (χ3n) is 5.88. The first-order valence-electron chi connectivity index (χ1n) is 10.3. The fraction of sp³-hybridized carbons (Fsp3) is 0.571. The van der Waals surface area contributed by atoms with Gasteiger partial charge in [-0.1, -0.05) is 11.6 Å². The van der Waals surface area contributed by atoms with Crippen molar-refractivity contribution >= 4 is 40.7 Å². The SMILES string of the molecule is CC(C)(C)N1CC(C(=O)N2CCC(C(=O)Nc3ccc([N+](=O)[O-])cc3Cl)CC2)CC1=O. The predicted octanol–water partition coefficient (Wildman–Crippen LogP) is 3.07. The maximum Gasteiger partial charge on any atom is 0.271 e. The second kappa shape index (κ2) is 8.82. The molecule has 2 aliphatic rings. The first-order chi connectivity index (χ1) is 14.5. The molecule has 1 unspecified atom stereocenters. The van der Waals surface area contributed by atoms with Crippen molar-refractivity contribution in [1.29, 1.82) is 0 Å². The summed E-state index contributed by atoms with van der Waals surface area (Å²) in [5.74, 6) is -0.877. The van der Waals surface area contributed by atoms with E-state index < -0.39 is 4.92 Å². The Labute approximate surface area is 185 Å². The molecule has 31 heavy (non-hydrogen) atoms. The van der Waals surface area contributed by atoms with Gasteiger partial charge in [0.05, 0.1) is 21.6 Å². The van der Waals surface area contributed by atoms with Crippen molar-refractivity contribution in [1.82, 2.24) is 9.80 Å². The highest BCUT2D eigenvalue weighted by Gasteiger charge is 2.41. The Hall–Kier alpha value is -2.68. The highest BCUT2D eigenvalue weighted by molar-refractivity contribution is 6.34. The van der Waals surface area contributed by atoms with Crippen LogP contribution in [0.25, 0.3) is 0 Å². The van der Waals surface area contributed by atoms with Crippen molar-refractivity contribution in [3.8, 4) is 0 Å². The van der Waals surface area contributed by atoms with Crippen molar-refractivity contribution in [3.63, 3.8) is 0 Å². The summed E-state index contributed by atoms with van der Waals surface area (Å²) in [5.41, 5.74) is -0.135. The van der Waals surface area contributed by atoms with Gasteiger partial charge in [-0.25, -0.2) is 0 Å². The van der Waals surface area contributed by atoms with E-state index in [1.54, 1.807) is 9.80 Å². The van der Waals surface area contributed by atoms with E-state index in [2.05, 4.69) is 5.32 Å². The Morgan fingerprint density at radius 2 is 1.84 bits per heavy atom. The Morgan fingerprint density at radius 1 is 1.19 bits per heavy atom. The molecule has 1 N–H and O–H groups in total. The predicted molar refractivity (Wildman–Crippen MR) is 116 cm³/mol. The molecule has 0 aromatic heterocycles. The van der Waals surface area contributed by atoms with Gasteiger partial charge in [-0.2, -0.15) is 0 Å². The van der Waals surface area contributed by atoms with Gasteiger partial charge in [0, 0.05) is 49.6 Å². The van der Waals surface area contributed by atoms with Crippen LogP contribution in [0.3, 0.4) is 0 Å². The molecule has 168 valence electrons. The van der Waals surface area contributed by atoms with Crippen molar-refractivity contribution in [2.45, 2.75) is 45.6 Å². The zero-order chi connectivity index (χ0) is 22.9. The summed E-state index contributed by atoms with van der Waals surface area (Å²) in [6, 6.07) is 3.89. The van der Waals surface area contributed by atoms with Crippen LogP contribution in [-0.4, -0.2) is 57.6 Å². The number of likely N-dealkylation sites (tertiary alicyclic amines) is 2. The normalized spacial score (nSPS) is 20.1. The van der Waals surface area contributed by atoms with Crippen LogP contribution in [0.5, 0.6) is 0 Å². The zero-order valence-electron chi connectivity index (χ0n) is 17.9. The lowest BCUT2D eigenvalue weighted by molar-refractivity contribution is -0.384. The van der Waals surface area contributed by atoms with Crippen LogP contribution in [0.2, 0.25) is 5.02 Å². The summed E-state index contributed by atoms with van der Waals surface area (Å²) < 4.78 is 0. The molecule has 0 radical (unpaired) electrons. The number of nitro groups is 1. The van der Waals surface area contributed by atoms with Crippen molar-refractivity contribution in [2.75, 3.05) is 25.0 Å². The minimum Gasteiger partial charge on any atom is -0.342 e. The molecule has 3 rings (SSSR count). The number of halogens is 1. The second-order valence-corrected chi connectivity index (χ2v) is 9.49. The highest BCUT2D eigenvalue weighted by Crippen LogP contribution is 2.30. The maximum atomic E-state index is 12.9. The van der Waals surface area contributed by atoms with Gasteiger partial charge in [0.2, 0.25) is 17.7 Å². The molecule has 2 heterocycles. The lowest BCUT2D eigenvalue weighted by Gasteiger charge is -2.34. The van der Waals surface area contributed by atoms with Gasteiger partial charge in [-0.15, -0.1) is 0 Å². The van der Waals surface area contributed by atoms with Gasteiger partial charge in [0.25, 0.3) is 5.69 Å². The summed E-state index contributed by atoms with van der Waals surface area (Å²) in [6.45, 7) is 7.20. The lowest BCUT2D eigenvalue weighted by atomic mass is 9.94. The molecule has 0 bridgehead atoms. The number of benzene rings is 1. The molecule has 1 aromatic carbocycles. The fourth-order valence-electron chi connectivity index (χ4n) is 4.10. The largest absolute Gasteiger partial charge is 0.342 e. The van der Waals surface area contributed by atoms with Crippen molar-refractivity contribution in [2.24, 2.45) is 11.8 Å². The smallest absolute Gasteiger partial charge is 0.271 e. The third-order valence-corrected chi connectivity index (χ3v) is 6.20. The number of rotatable bonds is 4. The average Bonchev–Trinajstić information content (AvgIpc) is 3.11. The summed E-state index contributed by atoms with van der Waals surface area (Å²) >= 11 is 6.05. The van der Waals surface area contributed by atoms with Crippen LogP contribution in [0, 0.1) is 22.0 Å². The standard InChI is InChI=1S/C21H27ClN4O5/c1-21(2,3)25-12-14(10-18(25)27)20(29)24-8-6-13(7-9-24)19(28)23-17-5-4-15(26(30)31)11-16(17)22/h4-5,11,13-14H,6-10,12H2,1-3H3,(H,23,28). The van der Waals surface area contributed by atoms with Crippen molar-refractivity contribution in [3.05, 3.63) is 33.3 Å². The Balaban J connectivity index is 1.54. The molecule has 2 fully saturated rings. The van der Waals surface area contributed by atoms with E-state index in [1.165, 1.54) is 18.2 Å². The number of carbonyl (C=O) groups is 3. The minimum atomic E-state index is -0.553. The third kappa shape index (κ3) is 5.15. The van der Waals surface area contributed by atoms with E-state index in [1.807, 2.05) is 20.8 Å². The number of hydrogen-bond acceptors (Lipinski definition) is 5. The molecular weight excluding hydrogens is 424 g/mol. The van der Waals surface area contributed by atoms with E-state index >= 15 is 0 Å². The monoisotopic (exact) mass is 450 g/mol. The van der Waals surface area contributed by atoms with E-state index in [0.717, 1.165) is 0 Å². The number of nitrogens with zero attached hydrogens (tertiary/aromatic N) is 3. The zero-order valence-corrected chi connectivity index (χ0v) is 18.6. The quantitative estimate of drug-likeness (QED) is 0.559. The number of hydrogen-bond donors (Lipinski definition) is 1. The van der Waals surface area contributed by atoms with Gasteiger partial charge >= 0.3 is 0 Å². The number of nitrogens with one attached hydrogen (secondary N) is 1. The Bertz CT molecular complexity index is 906. The fourth-order valence-corrected chi connectivity index (χ4v) is 4.32. The Morgan fingerprint density at radius 3 is 2.35 bits per heavy atom. The first-order valence-corrected chi connectivity index (χ1v) is 10.7. The number of carbonyl (C=O) groups excluding carboxylic acids is 3. The van der Waals surface area contributed by atoms with E-state index in [0.29, 0.717) is 38.2 Å². The van der Waals surface area contributed by atoms with Crippen LogP contribution in [0.15, 0.2) is 18.2 Å². The molecule has 0 spiro atoms. The molecule has 1 aromatic rings. The van der Waals surface area contributed by atoms with Crippen LogP contribution in [-0.2, 0) is 14.4 Å². The van der Waals surface area contributed by atoms with Crippen molar-refractivity contribution < 1.29 is 19.3 Å². The Kier molecular flexibility index (Phi) is 6.54. The van der Waals surface area contributed by atoms with Gasteiger partial charge in [-0.3, -0.25) is 24.5 Å². The van der Waals surface area contributed by atoms with E-state index in [9.17, 15) is 24.5 Å². The van der Waals surface area contributed by atoms with Gasteiger partial charge in [-0.05, 0) is 39.7 Å². The number of non-ortho nitro benzene ring substituents is 1. The number of anilines is 1. The second-order valence-electron chi connectivity index (χ2n) is 9.09. The van der Waals surface area contributed by atoms with Crippen LogP contribution < -0.4 is 5.32 Å². The van der Waals surface area contributed by atoms with Crippen LogP contribution >= 0.6 is 11.6 Å². The summed E-state index contributed by atoms with van der Waals surface area (Å²) in [6.07, 6.45) is 1.24. The van der Waals surface area contributed by atoms with E-state index in [4.69, 9.17) is 11.6 Å². The topological polar surface area (TPSA) is 113 Å². The summed E-state index contributed by atoms with van der Waals surface area (Å²) in [4.78, 5) is 51.5. The van der Waals surface area contributed by atoms with Gasteiger partial charge in [0.15, 0.2) is 0 Å². The maximum absolute atomic E-state index is 12.9. The highest BCUT2D eigenvalue weighted by atomic mass is 35.5. The number of piperidine rings is 1. The lowest BCUT2D eigenvalue weighted by Crippen LogP contribution is -2.46. The first kappa shape index (κ1) is 23.0. The number of amides is 3. The molecule has 3 amide bonds. The summed E-state index contributed by atoms with van der Waals surface area (Å²) in [7, 11) is 0. The molecule has 10 heteroatoms. The van der Waals surface area contributed by atoms with Gasteiger partial charge in [0.1, 0.15) is 0 Å². The van der Waals surface area contributed by atoms with Crippen LogP contribution in [0.1, 0.15) is 40.0 Å².